The van der Waals surface area contributed by atoms with E-state index < -0.39 is 6.72 Å². The number of rotatable bonds is 2. The smallest absolute Gasteiger partial charge is 0.301 e. The first-order valence-corrected chi connectivity index (χ1v) is 8.24. The molecule has 0 saturated carbocycles. The van der Waals surface area contributed by atoms with E-state index in [0.717, 1.165) is 5.69 Å². The van der Waals surface area contributed by atoms with E-state index in [0.29, 0.717) is 6.54 Å². The van der Waals surface area contributed by atoms with Crippen molar-refractivity contribution in [3.05, 3.63) is 30.3 Å². The van der Waals surface area contributed by atoms with Gasteiger partial charge >= 0.3 is 6.72 Å². The second-order valence-corrected chi connectivity index (χ2v) is 7.96. The lowest BCUT2D eigenvalue weighted by Crippen LogP contribution is -2.16. The summed E-state index contributed by atoms with van der Waals surface area (Å²) in [4.78, 5) is 0. The Hall–Kier alpha value is -0.440. The Morgan fingerprint density at radius 2 is 2.13 bits per heavy atom. The minimum Gasteiger partial charge on any atom is -0.301 e. The van der Waals surface area contributed by atoms with Crippen LogP contribution in [-0.2, 0) is 9.09 Å². The summed E-state index contributed by atoms with van der Waals surface area (Å²) in [5.41, 5.74) is 0.972. The van der Waals surface area contributed by atoms with Crippen LogP contribution in [0.5, 0.6) is 0 Å². The van der Waals surface area contributed by atoms with E-state index in [1.807, 2.05) is 48.2 Å². The van der Waals surface area contributed by atoms with E-state index in [-0.39, 0.29) is 6.10 Å². The standard InChI is InChI=1S/C10H14NO2PS/c1-9-8-11(14(12,13-9)15-2)10-6-4-3-5-7-10/h3-7,9H,8H2,1-2H3/t9-,14-/m1/s1. The molecule has 1 saturated heterocycles. The number of benzene rings is 1. The molecule has 0 amide bonds. The molecule has 0 unspecified atom stereocenters. The average Bonchev–Trinajstić information content (AvgIpc) is 2.56. The van der Waals surface area contributed by atoms with Crippen LogP contribution in [0.2, 0.25) is 0 Å². The van der Waals surface area contributed by atoms with Crippen molar-refractivity contribution in [2.75, 3.05) is 17.5 Å². The summed E-state index contributed by atoms with van der Waals surface area (Å²) in [5, 5.41) is 0. The van der Waals surface area contributed by atoms with Crippen LogP contribution in [0.15, 0.2) is 30.3 Å². The molecule has 5 heteroatoms. The Balaban J connectivity index is 2.33. The van der Waals surface area contributed by atoms with Crippen molar-refractivity contribution in [2.24, 2.45) is 0 Å². The normalized spacial score (nSPS) is 30.8. The molecule has 1 fully saturated rings. The highest BCUT2D eigenvalue weighted by Gasteiger charge is 2.40. The molecule has 1 aromatic rings. The summed E-state index contributed by atoms with van der Waals surface area (Å²) in [5.74, 6) is 0. The van der Waals surface area contributed by atoms with Crippen LogP contribution in [0.3, 0.4) is 0 Å². The minimum absolute atomic E-state index is 0.0310. The van der Waals surface area contributed by atoms with Crippen molar-refractivity contribution in [1.82, 2.24) is 0 Å². The van der Waals surface area contributed by atoms with Crippen molar-refractivity contribution in [3.8, 4) is 0 Å². The molecule has 2 rings (SSSR count). The van der Waals surface area contributed by atoms with Crippen molar-refractivity contribution in [2.45, 2.75) is 13.0 Å². The van der Waals surface area contributed by atoms with E-state index in [9.17, 15) is 4.57 Å². The van der Waals surface area contributed by atoms with E-state index >= 15 is 0 Å². The fraction of sp³-hybridized carbons (Fsp3) is 0.400. The Labute approximate surface area is 94.1 Å². The fourth-order valence-corrected chi connectivity index (χ4v) is 5.19. The van der Waals surface area contributed by atoms with E-state index in [1.165, 1.54) is 11.4 Å². The van der Waals surface area contributed by atoms with Crippen molar-refractivity contribution in [3.63, 3.8) is 0 Å². The molecular weight excluding hydrogens is 229 g/mol. The molecule has 2 atom stereocenters. The first-order valence-electron chi connectivity index (χ1n) is 4.83. The monoisotopic (exact) mass is 243 g/mol. The lowest BCUT2D eigenvalue weighted by Gasteiger charge is -2.22. The van der Waals surface area contributed by atoms with Gasteiger partial charge in [-0.3, -0.25) is 9.24 Å². The summed E-state index contributed by atoms with van der Waals surface area (Å²) in [6.45, 7) is -0.0423. The Morgan fingerprint density at radius 3 is 2.73 bits per heavy atom. The molecule has 3 nitrogen and oxygen atoms in total. The maximum atomic E-state index is 12.4. The van der Waals surface area contributed by atoms with Gasteiger partial charge in [0.05, 0.1) is 12.6 Å². The Bertz CT molecular complexity index is 384. The number of nitrogens with zero attached hydrogens (tertiary/aromatic N) is 1. The zero-order chi connectivity index (χ0) is 10.9. The SMILES string of the molecule is CS[P@]1(=O)O[C@H](C)CN1c1ccccc1. The highest BCUT2D eigenvalue weighted by Crippen LogP contribution is 2.66. The first kappa shape index (κ1) is 11.1. The van der Waals surface area contributed by atoms with E-state index in [1.54, 1.807) is 0 Å². The van der Waals surface area contributed by atoms with Crippen LogP contribution in [0.4, 0.5) is 5.69 Å². The van der Waals surface area contributed by atoms with Gasteiger partial charge in [-0.05, 0) is 25.3 Å². The lowest BCUT2D eigenvalue weighted by molar-refractivity contribution is 0.273. The van der Waals surface area contributed by atoms with Gasteiger partial charge in [0, 0.05) is 5.69 Å². The van der Waals surface area contributed by atoms with Crippen molar-refractivity contribution >= 4 is 23.8 Å². The van der Waals surface area contributed by atoms with Gasteiger partial charge in [0.2, 0.25) is 0 Å². The molecule has 1 aliphatic heterocycles. The second-order valence-electron chi connectivity index (χ2n) is 3.48. The third-order valence-electron chi connectivity index (χ3n) is 2.32. The van der Waals surface area contributed by atoms with Crippen LogP contribution in [0, 0.1) is 0 Å². The van der Waals surface area contributed by atoms with E-state index in [4.69, 9.17) is 4.52 Å². The molecule has 0 radical (unpaired) electrons. The maximum Gasteiger partial charge on any atom is 0.353 e. The highest BCUT2D eigenvalue weighted by atomic mass is 32.7. The van der Waals surface area contributed by atoms with Crippen LogP contribution in [-0.4, -0.2) is 18.9 Å². The highest BCUT2D eigenvalue weighted by molar-refractivity contribution is 8.56. The van der Waals surface area contributed by atoms with Crippen molar-refractivity contribution in [1.29, 1.82) is 0 Å². The molecule has 1 aliphatic rings. The number of para-hydroxylation sites is 1. The average molecular weight is 243 g/mol. The minimum atomic E-state index is -2.69. The Kier molecular flexibility index (Phi) is 3.10. The van der Waals surface area contributed by atoms with Gasteiger partial charge in [-0.15, -0.1) is 0 Å². The first-order chi connectivity index (χ1) is 7.15. The predicted octanol–water partition coefficient (Wildman–Crippen LogP) is 3.38. The third kappa shape index (κ3) is 2.07. The quantitative estimate of drug-likeness (QED) is 0.745. The van der Waals surface area contributed by atoms with Crippen LogP contribution in [0.1, 0.15) is 6.92 Å². The maximum absolute atomic E-state index is 12.4. The number of hydrogen-bond donors (Lipinski definition) is 0. The molecular formula is C10H14NO2PS. The van der Waals surface area contributed by atoms with Gasteiger partial charge in [0.15, 0.2) is 0 Å². The zero-order valence-corrected chi connectivity index (χ0v) is 10.5. The molecule has 1 aromatic carbocycles. The van der Waals surface area contributed by atoms with Gasteiger partial charge in [0.1, 0.15) is 0 Å². The molecule has 0 aromatic heterocycles. The number of anilines is 1. The van der Waals surface area contributed by atoms with Crippen LogP contribution < -0.4 is 4.67 Å². The summed E-state index contributed by atoms with van der Waals surface area (Å²) in [6, 6.07) is 9.77. The van der Waals surface area contributed by atoms with Crippen LogP contribution in [0.25, 0.3) is 0 Å². The lowest BCUT2D eigenvalue weighted by atomic mass is 10.3. The predicted molar refractivity (Wildman–Crippen MR) is 65.5 cm³/mol. The largest absolute Gasteiger partial charge is 0.353 e. The molecule has 0 N–H and O–H groups in total. The van der Waals surface area contributed by atoms with Crippen molar-refractivity contribution < 1.29 is 9.09 Å². The zero-order valence-electron chi connectivity index (χ0n) is 8.79. The van der Waals surface area contributed by atoms with Crippen LogP contribution >= 0.6 is 18.1 Å². The molecule has 1 heterocycles. The fourth-order valence-electron chi connectivity index (χ4n) is 1.65. The molecule has 82 valence electrons. The molecule has 0 aliphatic carbocycles. The number of hydrogen-bond acceptors (Lipinski definition) is 3. The van der Waals surface area contributed by atoms with Gasteiger partial charge in [-0.2, -0.15) is 0 Å². The second kappa shape index (κ2) is 4.20. The summed E-state index contributed by atoms with van der Waals surface area (Å²) < 4.78 is 19.8. The topological polar surface area (TPSA) is 29.5 Å². The third-order valence-corrected chi connectivity index (χ3v) is 6.63. The molecule has 0 spiro atoms. The van der Waals surface area contributed by atoms with E-state index in [2.05, 4.69) is 0 Å². The van der Waals surface area contributed by atoms with Gasteiger partial charge in [-0.1, -0.05) is 29.6 Å². The summed E-state index contributed by atoms with van der Waals surface area (Å²) in [7, 11) is 0. The summed E-state index contributed by atoms with van der Waals surface area (Å²) >= 11 is 1.30. The molecule has 0 bridgehead atoms. The Morgan fingerprint density at radius 1 is 1.47 bits per heavy atom. The van der Waals surface area contributed by atoms with Gasteiger partial charge in [-0.25, -0.2) is 0 Å². The van der Waals surface area contributed by atoms with Gasteiger partial charge < -0.3 is 4.52 Å². The summed E-state index contributed by atoms with van der Waals surface area (Å²) in [6.07, 6.45) is 1.86. The molecule has 15 heavy (non-hydrogen) atoms. The van der Waals surface area contributed by atoms with Gasteiger partial charge in [0.25, 0.3) is 0 Å².